The highest BCUT2D eigenvalue weighted by atomic mass is 32.2. The fourth-order valence-electron chi connectivity index (χ4n) is 5.38. The van der Waals surface area contributed by atoms with Gasteiger partial charge in [-0.1, -0.05) is 52.2 Å². The zero-order chi connectivity index (χ0) is 18.9. The molecule has 0 spiro atoms. The van der Waals surface area contributed by atoms with Crippen molar-refractivity contribution in [1.82, 2.24) is 4.90 Å². The van der Waals surface area contributed by atoms with Gasteiger partial charge in [0.1, 0.15) is 0 Å². The minimum atomic E-state index is -3.24. The summed E-state index contributed by atoms with van der Waals surface area (Å²) < 4.78 is 25.8. The smallest absolute Gasteiger partial charge is 0.229 e. The van der Waals surface area contributed by atoms with Gasteiger partial charge in [0.25, 0.3) is 0 Å². The predicted octanol–water partition coefficient (Wildman–Crippen LogP) is 4.09. The number of likely N-dealkylation sites (tertiary alicyclic amines) is 1. The molecule has 4 nitrogen and oxygen atoms in total. The number of fused-ring (bicyclic) bond motifs is 1. The normalized spacial score (nSPS) is 28.3. The van der Waals surface area contributed by atoms with E-state index in [-0.39, 0.29) is 5.41 Å². The van der Waals surface area contributed by atoms with Crippen LogP contribution in [-0.4, -0.2) is 39.2 Å². The van der Waals surface area contributed by atoms with Gasteiger partial charge in [0.15, 0.2) is 0 Å². The van der Waals surface area contributed by atoms with Crippen LogP contribution in [0.2, 0.25) is 0 Å². The van der Waals surface area contributed by atoms with E-state index in [4.69, 9.17) is 0 Å². The van der Waals surface area contributed by atoms with Crippen molar-refractivity contribution in [2.45, 2.75) is 51.9 Å². The summed E-state index contributed by atoms with van der Waals surface area (Å²) in [6.45, 7) is 10.5. The van der Waals surface area contributed by atoms with Gasteiger partial charge >= 0.3 is 0 Å². The lowest BCUT2D eigenvalue weighted by molar-refractivity contribution is 0.243. The summed E-state index contributed by atoms with van der Waals surface area (Å²) in [6, 6.07) is 8.09. The van der Waals surface area contributed by atoms with Gasteiger partial charge in [-0.15, -0.1) is 0 Å². The number of benzene rings is 1. The Morgan fingerprint density at radius 2 is 1.88 bits per heavy atom. The quantitative estimate of drug-likeness (QED) is 0.658. The third-order valence-electron chi connectivity index (χ3n) is 6.46. The Morgan fingerprint density at radius 1 is 1.19 bits per heavy atom. The molecule has 0 bridgehead atoms. The number of nitrogens with zero attached hydrogens (tertiary/aromatic N) is 1. The Morgan fingerprint density at radius 3 is 2.46 bits per heavy atom. The third-order valence-corrected chi connectivity index (χ3v) is 7.07. The Kier molecular flexibility index (Phi) is 5.69. The van der Waals surface area contributed by atoms with Crippen LogP contribution in [0.4, 0.5) is 5.69 Å². The SMILES string of the molecule is CCCCCCN1C[C@@H]2[C@H](C1)C2(c1cccc(NS(C)(=O)=O)c1)C(C)C. The molecule has 1 aromatic carbocycles. The maximum Gasteiger partial charge on any atom is 0.229 e. The first-order valence-corrected chi connectivity index (χ1v) is 12.0. The summed E-state index contributed by atoms with van der Waals surface area (Å²) in [5.41, 5.74) is 2.21. The first-order valence-electron chi connectivity index (χ1n) is 10.1. The predicted molar refractivity (Wildman–Crippen MR) is 109 cm³/mol. The molecule has 2 fully saturated rings. The molecule has 26 heavy (non-hydrogen) atoms. The van der Waals surface area contributed by atoms with E-state index in [1.54, 1.807) is 0 Å². The molecule has 1 aliphatic heterocycles. The lowest BCUT2D eigenvalue weighted by atomic mass is 9.80. The second-order valence-corrected chi connectivity index (χ2v) is 10.3. The molecule has 0 radical (unpaired) electrons. The molecule has 146 valence electrons. The van der Waals surface area contributed by atoms with Gasteiger partial charge in [-0.05, 0) is 48.4 Å². The van der Waals surface area contributed by atoms with E-state index in [0.717, 1.165) is 0 Å². The van der Waals surface area contributed by atoms with Crippen LogP contribution in [-0.2, 0) is 15.4 Å². The van der Waals surface area contributed by atoms with Crippen molar-refractivity contribution in [3.05, 3.63) is 29.8 Å². The van der Waals surface area contributed by atoms with E-state index >= 15 is 0 Å². The minimum Gasteiger partial charge on any atom is -0.303 e. The molecule has 3 rings (SSSR count). The summed E-state index contributed by atoms with van der Waals surface area (Å²) in [5.74, 6) is 1.98. The molecule has 0 amide bonds. The van der Waals surface area contributed by atoms with Crippen molar-refractivity contribution in [3.63, 3.8) is 0 Å². The topological polar surface area (TPSA) is 49.4 Å². The van der Waals surface area contributed by atoms with Crippen molar-refractivity contribution < 1.29 is 8.42 Å². The zero-order valence-electron chi connectivity index (χ0n) is 16.7. The summed E-state index contributed by atoms with van der Waals surface area (Å²) in [4.78, 5) is 2.64. The van der Waals surface area contributed by atoms with Crippen molar-refractivity contribution in [1.29, 1.82) is 0 Å². The van der Waals surface area contributed by atoms with Gasteiger partial charge in [-0.25, -0.2) is 8.42 Å². The van der Waals surface area contributed by atoms with Crippen molar-refractivity contribution in [2.75, 3.05) is 30.6 Å². The number of hydrogen-bond donors (Lipinski definition) is 1. The average molecular weight is 379 g/mol. The molecule has 1 saturated carbocycles. The van der Waals surface area contributed by atoms with Crippen LogP contribution in [0.1, 0.15) is 52.0 Å². The maximum absolute atomic E-state index is 11.6. The second kappa shape index (κ2) is 7.51. The summed E-state index contributed by atoms with van der Waals surface area (Å²) in [7, 11) is -3.24. The Hall–Kier alpha value is -1.07. The van der Waals surface area contributed by atoms with Gasteiger partial charge in [0, 0.05) is 24.2 Å². The number of sulfonamides is 1. The number of rotatable bonds is 9. The fraction of sp³-hybridized carbons (Fsp3) is 0.714. The Bertz CT molecular complexity index is 717. The highest BCUT2D eigenvalue weighted by molar-refractivity contribution is 7.92. The minimum absolute atomic E-state index is 0.217. The molecule has 3 atom stereocenters. The average Bonchev–Trinajstić information content (AvgIpc) is 2.97. The van der Waals surface area contributed by atoms with E-state index in [9.17, 15) is 8.42 Å². The molecule has 1 aromatic rings. The number of nitrogens with one attached hydrogen (secondary N) is 1. The van der Waals surface area contributed by atoms with Gasteiger partial charge in [-0.2, -0.15) is 0 Å². The molecule has 2 aliphatic rings. The van der Waals surface area contributed by atoms with Crippen LogP contribution in [0.3, 0.4) is 0 Å². The van der Waals surface area contributed by atoms with Crippen molar-refractivity contribution in [3.8, 4) is 0 Å². The van der Waals surface area contributed by atoms with Crippen LogP contribution in [0.25, 0.3) is 0 Å². The molecular weight excluding hydrogens is 344 g/mol. The van der Waals surface area contributed by atoms with Gasteiger partial charge < -0.3 is 4.90 Å². The fourth-order valence-corrected chi connectivity index (χ4v) is 5.93. The van der Waals surface area contributed by atoms with Crippen LogP contribution >= 0.6 is 0 Å². The van der Waals surface area contributed by atoms with Crippen LogP contribution < -0.4 is 4.72 Å². The largest absolute Gasteiger partial charge is 0.303 e. The first-order chi connectivity index (χ1) is 12.3. The monoisotopic (exact) mass is 378 g/mol. The summed E-state index contributed by atoms with van der Waals surface area (Å²) in [6.07, 6.45) is 6.50. The summed E-state index contributed by atoms with van der Waals surface area (Å²) >= 11 is 0. The number of hydrogen-bond acceptors (Lipinski definition) is 3. The molecule has 1 N–H and O–H groups in total. The summed E-state index contributed by atoms with van der Waals surface area (Å²) in [5, 5.41) is 0. The zero-order valence-corrected chi connectivity index (χ0v) is 17.5. The van der Waals surface area contributed by atoms with Gasteiger partial charge in [-0.3, -0.25) is 4.72 Å². The lowest BCUT2D eigenvalue weighted by Crippen LogP contribution is -2.34. The lowest BCUT2D eigenvalue weighted by Gasteiger charge is -2.30. The van der Waals surface area contributed by atoms with E-state index in [0.29, 0.717) is 23.4 Å². The molecule has 1 heterocycles. The van der Waals surface area contributed by atoms with Gasteiger partial charge in [0.2, 0.25) is 10.0 Å². The second-order valence-electron chi connectivity index (χ2n) is 8.58. The molecule has 0 aromatic heterocycles. The maximum atomic E-state index is 11.6. The standard InChI is InChI=1S/C21H34N2O2S/c1-5-6-7-8-12-23-14-19-20(15-23)21(19,16(2)3)17-10-9-11-18(13-17)22-26(4,24)25/h9-11,13,16,19-20,22H,5-8,12,14-15H2,1-4H3/t19-,20+,21?. The molecule has 1 saturated heterocycles. The highest BCUT2D eigenvalue weighted by Crippen LogP contribution is 2.67. The van der Waals surface area contributed by atoms with E-state index in [1.165, 1.54) is 57.1 Å². The molecule has 1 unspecified atom stereocenters. The Labute approximate surface area is 159 Å². The number of piperidine rings is 1. The van der Waals surface area contributed by atoms with E-state index in [2.05, 4.69) is 42.5 Å². The number of anilines is 1. The van der Waals surface area contributed by atoms with E-state index < -0.39 is 10.0 Å². The van der Waals surface area contributed by atoms with Crippen molar-refractivity contribution in [2.24, 2.45) is 17.8 Å². The van der Waals surface area contributed by atoms with E-state index in [1.807, 2.05) is 12.1 Å². The molecule has 5 heteroatoms. The molecular formula is C21H34N2O2S. The molecule has 1 aliphatic carbocycles. The number of unbranched alkanes of at least 4 members (excludes halogenated alkanes) is 3. The van der Waals surface area contributed by atoms with Crippen LogP contribution in [0.5, 0.6) is 0 Å². The highest BCUT2D eigenvalue weighted by Gasteiger charge is 2.69. The van der Waals surface area contributed by atoms with Crippen LogP contribution in [0.15, 0.2) is 24.3 Å². The van der Waals surface area contributed by atoms with Gasteiger partial charge in [0.05, 0.1) is 6.26 Å². The van der Waals surface area contributed by atoms with Crippen LogP contribution in [0, 0.1) is 17.8 Å². The van der Waals surface area contributed by atoms with Crippen molar-refractivity contribution >= 4 is 15.7 Å². The Balaban J connectivity index is 1.70. The third kappa shape index (κ3) is 3.79. The first kappa shape index (κ1) is 19.7.